The lowest BCUT2D eigenvalue weighted by Gasteiger charge is -2.09. The number of ketones is 1. The standard InChI is InChI=1S/C16H20N2O3S/c1-10(2)6-7-14(19)16(18-17)22(20,21)15-12(4)8-11(3)9-13(15)5/h8-9H,1,6-7H2,2-5H3. The number of sulfone groups is 1. The zero-order valence-electron chi connectivity index (χ0n) is 13.3. The Bertz CT molecular complexity index is 763. The molecule has 1 aromatic carbocycles. The second-order valence-corrected chi connectivity index (χ2v) is 7.32. The molecule has 0 saturated carbocycles. The molecular weight excluding hydrogens is 300 g/mol. The maximum atomic E-state index is 12.7. The van der Waals surface area contributed by atoms with Crippen LogP contribution < -0.4 is 0 Å². The first-order valence-electron chi connectivity index (χ1n) is 6.83. The Hall–Kier alpha value is -2.04. The van der Waals surface area contributed by atoms with E-state index in [9.17, 15) is 13.2 Å². The molecular formula is C16H20N2O3S. The monoisotopic (exact) mass is 320 g/mol. The van der Waals surface area contributed by atoms with Crippen LogP contribution in [0.1, 0.15) is 36.5 Å². The summed E-state index contributed by atoms with van der Waals surface area (Å²) in [6, 6.07) is 3.43. The molecule has 1 rings (SSSR count). The minimum atomic E-state index is -4.16. The van der Waals surface area contributed by atoms with Gasteiger partial charge in [0.05, 0.1) is 4.90 Å². The fraction of sp³-hybridized carbons (Fsp3) is 0.375. The molecule has 1 aromatic rings. The van der Waals surface area contributed by atoms with Gasteiger partial charge in [-0.25, -0.2) is 8.42 Å². The van der Waals surface area contributed by atoms with Crippen molar-refractivity contribution in [1.82, 2.24) is 0 Å². The van der Waals surface area contributed by atoms with Crippen molar-refractivity contribution in [2.75, 3.05) is 0 Å². The van der Waals surface area contributed by atoms with Crippen molar-refractivity contribution >= 4 is 20.7 Å². The molecule has 5 nitrogen and oxygen atoms in total. The van der Waals surface area contributed by atoms with Gasteiger partial charge in [-0.3, -0.25) is 4.79 Å². The average molecular weight is 320 g/mol. The number of hydrogen-bond donors (Lipinski definition) is 0. The molecule has 0 radical (unpaired) electrons. The van der Waals surface area contributed by atoms with Gasteiger partial charge < -0.3 is 5.53 Å². The van der Waals surface area contributed by atoms with Crippen LogP contribution >= 0.6 is 0 Å². The highest BCUT2D eigenvalue weighted by atomic mass is 32.2. The predicted octanol–water partition coefficient (Wildman–Crippen LogP) is 2.94. The number of aryl methyl sites for hydroxylation is 3. The molecule has 0 saturated heterocycles. The third-order valence-corrected chi connectivity index (χ3v) is 5.24. The number of allylic oxidation sites excluding steroid dienone is 1. The van der Waals surface area contributed by atoms with E-state index >= 15 is 0 Å². The van der Waals surface area contributed by atoms with Crippen molar-refractivity contribution in [2.45, 2.75) is 45.4 Å². The second kappa shape index (κ2) is 6.81. The van der Waals surface area contributed by atoms with E-state index in [-0.39, 0.29) is 11.3 Å². The van der Waals surface area contributed by atoms with Crippen LogP contribution in [0.5, 0.6) is 0 Å². The van der Waals surface area contributed by atoms with Gasteiger partial charge in [0.15, 0.2) is 0 Å². The number of carbonyl (C=O) groups is 1. The summed E-state index contributed by atoms with van der Waals surface area (Å²) in [5.41, 5.74) is 11.8. The largest absolute Gasteiger partial charge is 0.451 e. The predicted molar refractivity (Wildman–Crippen MR) is 85.5 cm³/mol. The van der Waals surface area contributed by atoms with E-state index in [0.717, 1.165) is 11.1 Å². The summed E-state index contributed by atoms with van der Waals surface area (Å²) in [7, 11) is -4.16. The van der Waals surface area contributed by atoms with Crippen LogP contribution in [0.2, 0.25) is 0 Å². The Balaban J connectivity index is 3.37. The second-order valence-electron chi connectivity index (χ2n) is 5.52. The molecule has 0 heterocycles. The minimum Gasteiger partial charge on any atom is -0.360 e. The minimum absolute atomic E-state index is 0.0228. The normalized spacial score (nSPS) is 10.9. The Labute approximate surface area is 131 Å². The SMILES string of the molecule is C=C(C)CCC(=O)C(=[N+]=[N-])S(=O)(=O)c1c(C)cc(C)cc1C. The summed E-state index contributed by atoms with van der Waals surface area (Å²) in [4.78, 5) is 14.9. The molecule has 0 aromatic heterocycles. The average Bonchev–Trinajstić information content (AvgIpc) is 2.34. The number of Topliss-reactive ketones (excluding diaryl/α,β-unsaturated/α-hetero) is 1. The lowest BCUT2D eigenvalue weighted by molar-refractivity contribution is -0.116. The van der Waals surface area contributed by atoms with Gasteiger partial charge in [0.1, 0.15) is 0 Å². The molecule has 22 heavy (non-hydrogen) atoms. The van der Waals surface area contributed by atoms with Crippen LogP contribution in [0.4, 0.5) is 0 Å². The van der Waals surface area contributed by atoms with E-state index in [2.05, 4.69) is 11.4 Å². The van der Waals surface area contributed by atoms with E-state index < -0.39 is 20.7 Å². The maximum absolute atomic E-state index is 12.7. The number of carbonyl (C=O) groups excluding carboxylic acids is 1. The molecule has 0 aliphatic carbocycles. The Morgan fingerprint density at radius 1 is 1.18 bits per heavy atom. The van der Waals surface area contributed by atoms with Gasteiger partial charge in [-0.15, -0.1) is 11.4 Å². The summed E-state index contributed by atoms with van der Waals surface area (Å²) in [6.45, 7) is 10.6. The van der Waals surface area contributed by atoms with Gasteiger partial charge >= 0.3 is 5.04 Å². The van der Waals surface area contributed by atoms with Gasteiger partial charge in [0.2, 0.25) is 0 Å². The summed E-state index contributed by atoms with van der Waals surface area (Å²) in [5.74, 6) is -0.718. The highest BCUT2D eigenvalue weighted by molar-refractivity contribution is 8.08. The van der Waals surface area contributed by atoms with E-state index in [4.69, 9.17) is 5.53 Å². The summed E-state index contributed by atoms with van der Waals surface area (Å²) >= 11 is 0. The van der Waals surface area contributed by atoms with Crippen LogP contribution in [-0.2, 0) is 14.6 Å². The molecule has 0 aliphatic heterocycles. The number of rotatable bonds is 5. The topological polar surface area (TPSA) is 87.6 Å². The van der Waals surface area contributed by atoms with Crippen molar-refractivity contribution in [2.24, 2.45) is 0 Å². The van der Waals surface area contributed by atoms with Crippen LogP contribution in [0, 0.1) is 20.8 Å². The van der Waals surface area contributed by atoms with Crippen LogP contribution in [0.3, 0.4) is 0 Å². The summed E-state index contributed by atoms with van der Waals surface area (Å²) < 4.78 is 25.3. The number of hydrogen-bond acceptors (Lipinski definition) is 3. The first kappa shape index (κ1) is 18.0. The van der Waals surface area contributed by atoms with E-state index in [0.29, 0.717) is 17.5 Å². The van der Waals surface area contributed by atoms with Gasteiger partial charge in [-0.05, 0) is 45.2 Å². The van der Waals surface area contributed by atoms with Crippen LogP contribution in [0.15, 0.2) is 29.2 Å². The molecule has 0 amide bonds. The molecule has 118 valence electrons. The van der Waals surface area contributed by atoms with Crippen molar-refractivity contribution in [3.8, 4) is 0 Å². The van der Waals surface area contributed by atoms with Crippen molar-refractivity contribution in [3.05, 3.63) is 46.5 Å². The summed E-state index contributed by atoms with van der Waals surface area (Å²) in [6.07, 6.45) is 0.289. The Morgan fingerprint density at radius 3 is 2.09 bits per heavy atom. The molecule has 0 aliphatic rings. The first-order chi connectivity index (χ1) is 10.1. The number of benzene rings is 1. The molecule has 0 bridgehead atoms. The Morgan fingerprint density at radius 2 is 1.68 bits per heavy atom. The fourth-order valence-electron chi connectivity index (χ4n) is 2.38. The third kappa shape index (κ3) is 3.78. The lowest BCUT2D eigenvalue weighted by atomic mass is 10.1. The zero-order valence-corrected chi connectivity index (χ0v) is 14.1. The van der Waals surface area contributed by atoms with Crippen LogP contribution in [0.25, 0.3) is 5.53 Å². The number of nitrogens with zero attached hydrogens (tertiary/aromatic N) is 2. The quantitative estimate of drug-likeness (QED) is 0.275. The smallest absolute Gasteiger partial charge is 0.360 e. The molecule has 0 fully saturated rings. The molecule has 6 heteroatoms. The van der Waals surface area contributed by atoms with E-state index in [1.807, 2.05) is 6.92 Å². The van der Waals surface area contributed by atoms with E-state index in [1.165, 1.54) is 0 Å². The molecule has 0 unspecified atom stereocenters. The highest BCUT2D eigenvalue weighted by Gasteiger charge is 2.38. The lowest BCUT2D eigenvalue weighted by Crippen LogP contribution is -2.27. The summed E-state index contributed by atoms with van der Waals surface area (Å²) in [5, 5.41) is -0.816. The van der Waals surface area contributed by atoms with Crippen molar-refractivity contribution < 1.29 is 18.0 Å². The molecule has 0 N–H and O–H groups in total. The fourth-order valence-corrected chi connectivity index (χ4v) is 4.05. The Kier molecular flexibility index (Phi) is 5.58. The van der Waals surface area contributed by atoms with Crippen molar-refractivity contribution in [1.29, 1.82) is 0 Å². The molecule has 0 spiro atoms. The van der Waals surface area contributed by atoms with E-state index in [1.54, 1.807) is 32.9 Å². The maximum Gasteiger partial charge on any atom is 0.451 e. The van der Waals surface area contributed by atoms with Crippen molar-refractivity contribution in [3.63, 3.8) is 0 Å². The third-order valence-electron chi connectivity index (χ3n) is 3.24. The van der Waals surface area contributed by atoms with Gasteiger partial charge in [0, 0.05) is 6.42 Å². The zero-order chi connectivity index (χ0) is 17.1. The van der Waals surface area contributed by atoms with Crippen LogP contribution in [-0.4, -0.2) is 24.0 Å². The van der Waals surface area contributed by atoms with Gasteiger partial charge in [0.25, 0.3) is 15.6 Å². The first-order valence-corrected chi connectivity index (χ1v) is 8.32. The molecule has 0 atom stereocenters. The highest BCUT2D eigenvalue weighted by Crippen LogP contribution is 2.24. The van der Waals surface area contributed by atoms with Gasteiger partial charge in [-0.2, -0.15) is 0 Å². The van der Waals surface area contributed by atoms with Gasteiger partial charge in [-0.1, -0.05) is 23.3 Å².